The fourth-order valence-electron chi connectivity index (χ4n) is 1.44. The summed E-state index contributed by atoms with van der Waals surface area (Å²) in [7, 11) is 0. The average molecular weight is 285 g/mol. The van der Waals surface area contributed by atoms with Crippen molar-refractivity contribution in [1.29, 1.82) is 0 Å². The zero-order valence-corrected chi connectivity index (χ0v) is 11.2. The van der Waals surface area contributed by atoms with Crippen LogP contribution in [0.3, 0.4) is 0 Å². The smallest absolute Gasteiger partial charge is 0.251 e. The van der Waals surface area contributed by atoms with Crippen molar-refractivity contribution in [3.63, 3.8) is 0 Å². The predicted molar refractivity (Wildman–Crippen MR) is 73.1 cm³/mol. The van der Waals surface area contributed by atoms with Crippen LogP contribution >= 0.6 is 11.6 Å². The number of aliphatic hydroxyl groups excluding tert-OH is 1. The summed E-state index contributed by atoms with van der Waals surface area (Å²) in [5.74, 6) is -0.317. The minimum atomic E-state index is -0.188. The third-order valence-electron chi connectivity index (χ3n) is 2.41. The van der Waals surface area contributed by atoms with E-state index in [4.69, 9.17) is 16.7 Å². The van der Waals surface area contributed by atoms with Crippen molar-refractivity contribution >= 4 is 23.4 Å². The summed E-state index contributed by atoms with van der Waals surface area (Å²) in [5.41, 5.74) is 0.536. The van der Waals surface area contributed by atoms with Crippen LogP contribution in [0.15, 0.2) is 24.3 Å². The molecule has 1 aromatic rings. The van der Waals surface area contributed by atoms with E-state index in [2.05, 4.69) is 10.6 Å². The van der Waals surface area contributed by atoms with E-state index in [-0.39, 0.29) is 25.0 Å². The molecule has 19 heavy (non-hydrogen) atoms. The lowest BCUT2D eigenvalue weighted by Gasteiger charge is -2.06. The van der Waals surface area contributed by atoms with Crippen LogP contribution in [0.5, 0.6) is 0 Å². The lowest BCUT2D eigenvalue weighted by molar-refractivity contribution is -0.121. The molecule has 0 aliphatic carbocycles. The van der Waals surface area contributed by atoms with Gasteiger partial charge in [-0.3, -0.25) is 9.59 Å². The molecule has 0 saturated heterocycles. The van der Waals surface area contributed by atoms with Crippen molar-refractivity contribution in [3.8, 4) is 0 Å². The second-order valence-corrected chi connectivity index (χ2v) is 4.38. The van der Waals surface area contributed by atoms with Crippen molar-refractivity contribution in [2.24, 2.45) is 0 Å². The number of carbonyl (C=O) groups excluding carboxylic acids is 2. The SMILES string of the molecule is O=C(CCCNC(=O)c1ccc(Cl)cc1)NCCO. The van der Waals surface area contributed by atoms with Gasteiger partial charge in [0.2, 0.25) is 5.91 Å². The Morgan fingerprint density at radius 3 is 2.42 bits per heavy atom. The Bertz CT molecular complexity index is 420. The van der Waals surface area contributed by atoms with Gasteiger partial charge in [-0.1, -0.05) is 11.6 Å². The quantitative estimate of drug-likeness (QED) is 0.653. The molecule has 1 aromatic carbocycles. The minimum absolute atomic E-state index is 0.0704. The second-order valence-electron chi connectivity index (χ2n) is 3.94. The highest BCUT2D eigenvalue weighted by Gasteiger charge is 2.05. The van der Waals surface area contributed by atoms with Crippen molar-refractivity contribution in [2.75, 3.05) is 19.7 Å². The minimum Gasteiger partial charge on any atom is -0.395 e. The molecule has 0 atom stereocenters. The van der Waals surface area contributed by atoms with E-state index < -0.39 is 0 Å². The molecule has 0 bridgehead atoms. The third-order valence-corrected chi connectivity index (χ3v) is 2.66. The normalized spacial score (nSPS) is 10.0. The van der Waals surface area contributed by atoms with Crippen LogP contribution in [-0.4, -0.2) is 36.6 Å². The molecule has 0 aliphatic heterocycles. The van der Waals surface area contributed by atoms with Gasteiger partial charge >= 0.3 is 0 Å². The first-order valence-corrected chi connectivity index (χ1v) is 6.42. The highest BCUT2D eigenvalue weighted by Crippen LogP contribution is 2.09. The maximum Gasteiger partial charge on any atom is 0.251 e. The van der Waals surface area contributed by atoms with Crippen molar-refractivity contribution in [3.05, 3.63) is 34.9 Å². The van der Waals surface area contributed by atoms with Crippen molar-refractivity contribution in [2.45, 2.75) is 12.8 Å². The van der Waals surface area contributed by atoms with Crippen LogP contribution in [0.25, 0.3) is 0 Å². The van der Waals surface area contributed by atoms with Crippen LogP contribution in [0, 0.1) is 0 Å². The molecule has 6 heteroatoms. The molecule has 1 rings (SSSR count). The first-order chi connectivity index (χ1) is 9.13. The summed E-state index contributed by atoms with van der Waals surface area (Å²) in [6.07, 6.45) is 0.873. The lowest BCUT2D eigenvalue weighted by atomic mass is 10.2. The number of hydrogen-bond acceptors (Lipinski definition) is 3. The van der Waals surface area contributed by atoms with E-state index in [1.165, 1.54) is 0 Å². The molecule has 0 unspecified atom stereocenters. The van der Waals surface area contributed by atoms with Crippen LogP contribution < -0.4 is 10.6 Å². The predicted octanol–water partition coefficient (Wildman–Crippen LogP) is 0.958. The molecule has 0 spiro atoms. The fraction of sp³-hybridized carbons (Fsp3) is 0.385. The topological polar surface area (TPSA) is 78.4 Å². The maximum absolute atomic E-state index is 11.7. The Hall–Kier alpha value is -1.59. The summed E-state index contributed by atoms with van der Waals surface area (Å²) in [4.78, 5) is 22.9. The van der Waals surface area contributed by atoms with E-state index in [1.54, 1.807) is 24.3 Å². The van der Waals surface area contributed by atoms with Gasteiger partial charge in [-0.05, 0) is 30.7 Å². The number of aliphatic hydroxyl groups is 1. The Kier molecular flexibility index (Phi) is 6.92. The zero-order chi connectivity index (χ0) is 14.1. The molecule has 5 nitrogen and oxygen atoms in total. The molecule has 2 amide bonds. The summed E-state index contributed by atoms with van der Waals surface area (Å²) < 4.78 is 0. The zero-order valence-electron chi connectivity index (χ0n) is 10.5. The van der Waals surface area contributed by atoms with Crippen molar-refractivity contribution < 1.29 is 14.7 Å². The highest BCUT2D eigenvalue weighted by atomic mass is 35.5. The van der Waals surface area contributed by atoms with Crippen LogP contribution in [0.4, 0.5) is 0 Å². The van der Waals surface area contributed by atoms with Crippen molar-refractivity contribution in [1.82, 2.24) is 10.6 Å². The van der Waals surface area contributed by atoms with Gasteiger partial charge in [0.25, 0.3) is 5.91 Å². The van der Waals surface area contributed by atoms with E-state index in [0.717, 1.165) is 0 Å². The van der Waals surface area contributed by atoms with Gasteiger partial charge in [-0.2, -0.15) is 0 Å². The Morgan fingerprint density at radius 2 is 1.79 bits per heavy atom. The first-order valence-electron chi connectivity index (χ1n) is 6.05. The average Bonchev–Trinajstić information content (AvgIpc) is 2.41. The standard InChI is InChI=1S/C13H17ClN2O3/c14-11-5-3-10(4-6-11)13(19)16-7-1-2-12(18)15-8-9-17/h3-6,17H,1-2,7-9H2,(H,15,18)(H,16,19). The van der Waals surface area contributed by atoms with Gasteiger partial charge in [0.15, 0.2) is 0 Å². The van der Waals surface area contributed by atoms with Crippen LogP contribution in [-0.2, 0) is 4.79 Å². The van der Waals surface area contributed by atoms with Gasteiger partial charge in [-0.25, -0.2) is 0 Å². The van der Waals surface area contributed by atoms with Crippen LogP contribution in [0.1, 0.15) is 23.2 Å². The van der Waals surface area contributed by atoms with Crippen LogP contribution in [0.2, 0.25) is 5.02 Å². The molecule has 3 N–H and O–H groups in total. The lowest BCUT2D eigenvalue weighted by Crippen LogP contribution is -2.28. The third kappa shape index (κ3) is 6.22. The molecule has 0 aromatic heterocycles. The summed E-state index contributed by atoms with van der Waals surface area (Å²) in [5, 5.41) is 14.4. The molecular weight excluding hydrogens is 268 g/mol. The molecule has 0 heterocycles. The number of amides is 2. The number of hydrogen-bond donors (Lipinski definition) is 3. The number of rotatable bonds is 7. The second kappa shape index (κ2) is 8.50. The highest BCUT2D eigenvalue weighted by molar-refractivity contribution is 6.30. The molecule has 104 valence electrons. The monoisotopic (exact) mass is 284 g/mol. The largest absolute Gasteiger partial charge is 0.395 e. The maximum atomic E-state index is 11.7. The van der Waals surface area contributed by atoms with Gasteiger partial charge in [-0.15, -0.1) is 0 Å². The van der Waals surface area contributed by atoms with E-state index >= 15 is 0 Å². The van der Waals surface area contributed by atoms with Gasteiger partial charge in [0.05, 0.1) is 6.61 Å². The van der Waals surface area contributed by atoms with Gasteiger partial charge < -0.3 is 15.7 Å². The number of carbonyl (C=O) groups is 2. The van der Waals surface area contributed by atoms with E-state index in [0.29, 0.717) is 30.0 Å². The molecule has 0 fully saturated rings. The molecule has 0 saturated carbocycles. The summed E-state index contributed by atoms with van der Waals surface area (Å²) >= 11 is 5.73. The number of nitrogens with one attached hydrogen (secondary N) is 2. The summed E-state index contributed by atoms with van der Waals surface area (Å²) in [6, 6.07) is 6.59. The van der Waals surface area contributed by atoms with Gasteiger partial charge in [0.1, 0.15) is 0 Å². The molecule has 0 aliphatic rings. The van der Waals surface area contributed by atoms with E-state index in [1.807, 2.05) is 0 Å². The van der Waals surface area contributed by atoms with E-state index in [9.17, 15) is 9.59 Å². The summed E-state index contributed by atoms with van der Waals surface area (Å²) in [6.45, 7) is 0.614. The first kappa shape index (κ1) is 15.5. The Balaban J connectivity index is 2.20. The van der Waals surface area contributed by atoms with Gasteiger partial charge in [0, 0.05) is 30.1 Å². The number of benzene rings is 1. The molecule has 0 radical (unpaired) electrons. The fourth-order valence-corrected chi connectivity index (χ4v) is 1.56. The Morgan fingerprint density at radius 1 is 1.11 bits per heavy atom. The molecular formula is C13H17ClN2O3. The number of halogens is 1. The Labute approximate surface area is 117 Å².